The van der Waals surface area contributed by atoms with Crippen molar-refractivity contribution in [2.75, 3.05) is 27.2 Å². The highest BCUT2D eigenvalue weighted by Crippen LogP contribution is 2.19. The van der Waals surface area contributed by atoms with Gasteiger partial charge in [0.15, 0.2) is 11.6 Å². The van der Waals surface area contributed by atoms with Crippen LogP contribution in [-0.4, -0.2) is 38.1 Å². The highest BCUT2D eigenvalue weighted by Gasteiger charge is 2.23. The van der Waals surface area contributed by atoms with E-state index in [9.17, 15) is 9.18 Å². The third-order valence-corrected chi connectivity index (χ3v) is 3.66. The van der Waals surface area contributed by atoms with Crippen molar-refractivity contribution < 1.29 is 13.9 Å². The van der Waals surface area contributed by atoms with Crippen LogP contribution in [0.1, 0.15) is 18.4 Å². The van der Waals surface area contributed by atoms with Crippen molar-refractivity contribution in [3.05, 3.63) is 29.6 Å². The van der Waals surface area contributed by atoms with Crippen LogP contribution in [0.25, 0.3) is 0 Å². The number of methoxy groups -OCH3 is 1. The zero-order valence-electron chi connectivity index (χ0n) is 12.0. The maximum Gasteiger partial charge on any atom is 0.227 e. The van der Waals surface area contributed by atoms with Crippen LogP contribution in [-0.2, 0) is 11.3 Å². The third kappa shape index (κ3) is 3.48. The molecule has 0 saturated carbocycles. The van der Waals surface area contributed by atoms with Crippen LogP contribution in [0.2, 0.25) is 0 Å². The molecule has 4 nitrogen and oxygen atoms in total. The molecule has 0 aliphatic carbocycles. The Morgan fingerprint density at radius 3 is 2.95 bits per heavy atom. The topological polar surface area (TPSA) is 41.6 Å². The highest BCUT2D eigenvalue weighted by molar-refractivity contribution is 5.78. The van der Waals surface area contributed by atoms with E-state index in [1.165, 1.54) is 13.2 Å². The molecule has 0 unspecified atom stereocenters. The van der Waals surface area contributed by atoms with Gasteiger partial charge in [-0.25, -0.2) is 4.39 Å². The molecule has 1 aliphatic heterocycles. The fourth-order valence-electron chi connectivity index (χ4n) is 2.53. The van der Waals surface area contributed by atoms with E-state index in [1.807, 2.05) is 0 Å². The molecule has 110 valence electrons. The number of piperidine rings is 1. The maximum atomic E-state index is 13.6. The van der Waals surface area contributed by atoms with Crippen molar-refractivity contribution in [3.8, 4) is 5.75 Å². The minimum Gasteiger partial charge on any atom is -0.494 e. The molecule has 0 spiro atoms. The number of rotatable bonds is 4. The summed E-state index contributed by atoms with van der Waals surface area (Å²) in [6.07, 6.45) is 1.95. The molecule has 1 amide bonds. The molecule has 0 bridgehead atoms. The maximum absolute atomic E-state index is 13.6. The van der Waals surface area contributed by atoms with Crippen LogP contribution >= 0.6 is 0 Å². The van der Waals surface area contributed by atoms with E-state index in [-0.39, 0.29) is 17.6 Å². The molecule has 0 aromatic heterocycles. The van der Waals surface area contributed by atoms with Gasteiger partial charge in [0.1, 0.15) is 0 Å². The third-order valence-electron chi connectivity index (χ3n) is 3.66. The van der Waals surface area contributed by atoms with Gasteiger partial charge in [-0.1, -0.05) is 6.07 Å². The minimum absolute atomic E-state index is 0.0387. The Labute approximate surface area is 118 Å². The Morgan fingerprint density at radius 1 is 1.55 bits per heavy atom. The summed E-state index contributed by atoms with van der Waals surface area (Å²) in [6, 6.07) is 4.79. The van der Waals surface area contributed by atoms with Gasteiger partial charge in [0.2, 0.25) is 5.91 Å². The number of hydrogen-bond donors (Lipinski definition) is 1. The summed E-state index contributed by atoms with van der Waals surface area (Å²) in [5, 5.41) is 3.23. The molecular formula is C15H21FN2O2. The SMILES string of the molecule is COc1ccc(CN(C)C(=O)[C@H]2CCCNC2)cc1F. The van der Waals surface area contributed by atoms with Crippen molar-refractivity contribution >= 4 is 5.91 Å². The van der Waals surface area contributed by atoms with E-state index in [0.717, 1.165) is 31.5 Å². The zero-order valence-corrected chi connectivity index (χ0v) is 12.0. The summed E-state index contributed by atoms with van der Waals surface area (Å²) in [6.45, 7) is 2.13. The quantitative estimate of drug-likeness (QED) is 0.914. The number of hydrogen-bond acceptors (Lipinski definition) is 3. The number of nitrogens with one attached hydrogen (secondary N) is 1. The Hall–Kier alpha value is -1.62. The zero-order chi connectivity index (χ0) is 14.5. The number of ether oxygens (including phenoxy) is 1. The lowest BCUT2D eigenvalue weighted by atomic mass is 9.98. The van der Waals surface area contributed by atoms with Crippen molar-refractivity contribution in [2.24, 2.45) is 5.92 Å². The van der Waals surface area contributed by atoms with E-state index in [2.05, 4.69) is 5.32 Å². The van der Waals surface area contributed by atoms with Crippen LogP contribution in [0.15, 0.2) is 18.2 Å². The molecule has 0 radical (unpaired) electrons. The average molecular weight is 280 g/mol. The van der Waals surface area contributed by atoms with Gasteiger partial charge in [-0.05, 0) is 37.1 Å². The normalized spacial score (nSPS) is 18.6. The van der Waals surface area contributed by atoms with Crippen LogP contribution < -0.4 is 10.1 Å². The summed E-state index contributed by atoms with van der Waals surface area (Å²) >= 11 is 0. The fourth-order valence-corrected chi connectivity index (χ4v) is 2.53. The van der Waals surface area contributed by atoms with E-state index in [1.54, 1.807) is 24.1 Å². The molecule has 1 aromatic carbocycles. The average Bonchev–Trinajstić information content (AvgIpc) is 2.47. The van der Waals surface area contributed by atoms with Gasteiger partial charge in [-0.15, -0.1) is 0 Å². The van der Waals surface area contributed by atoms with Crippen LogP contribution in [0, 0.1) is 11.7 Å². The monoisotopic (exact) mass is 280 g/mol. The van der Waals surface area contributed by atoms with Crippen molar-refractivity contribution in [2.45, 2.75) is 19.4 Å². The Kier molecular flexibility index (Phi) is 4.95. The van der Waals surface area contributed by atoms with E-state index in [0.29, 0.717) is 6.54 Å². The first kappa shape index (κ1) is 14.8. The molecule has 2 rings (SSSR count). The van der Waals surface area contributed by atoms with Crippen LogP contribution in [0.3, 0.4) is 0 Å². The van der Waals surface area contributed by atoms with Gasteiger partial charge < -0.3 is 15.0 Å². The number of amides is 1. The first-order valence-electron chi connectivity index (χ1n) is 6.90. The van der Waals surface area contributed by atoms with Crippen molar-refractivity contribution in [1.29, 1.82) is 0 Å². The standard InChI is InChI=1S/C15H21FN2O2/c1-18(15(19)12-4-3-7-17-9-12)10-11-5-6-14(20-2)13(16)8-11/h5-6,8,12,17H,3-4,7,9-10H2,1-2H3/t12-/m0/s1. The molecule has 1 aromatic rings. The lowest BCUT2D eigenvalue weighted by Crippen LogP contribution is -2.41. The summed E-state index contributed by atoms with van der Waals surface area (Å²) < 4.78 is 18.5. The smallest absolute Gasteiger partial charge is 0.227 e. The Bertz CT molecular complexity index is 473. The Balaban J connectivity index is 1.98. The van der Waals surface area contributed by atoms with Gasteiger partial charge in [0, 0.05) is 20.1 Å². The summed E-state index contributed by atoms with van der Waals surface area (Å²) in [4.78, 5) is 13.9. The number of carbonyl (C=O) groups is 1. The minimum atomic E-state index is -0.398. The van der Waals surface area contributed by atoms with E-state index < -0.39 is 5.82 Å². The molecule has 1 aliphatic rings. The first-order valence-corrected chi connectivity index (χ1v) is 6.90. The number of benzene rings is 1. The first-order chi connectivity index (χ1) is 9.61. The molecule has 1 N–H and O–H groups in total. The predicted molar refractivity (Wildman–Crippen MR) is 75.0 cm³/mol. The van der Waals surface area contributed by atoms with Gasteiger partial charge >= 0.3 is 0 Å². The fraction of sp³-hybridized carbons (Fsp3) is 0.533. The van der Waals surface area contributed by atoms with E-state index in [4.69, 9.17) is 4.74 Å². The molecule has 20 heavy (non-hydrogen) atoms. The molecule has 5 heteroatoms. The number of nitrogens with zero attached hydrogens (tertiary/aromatic N) is 1. The van der Waals surface area contributed by atoms with Gasteiger partial charge in [0.25, 0.3) is 0 Å². The second-order valence-corrected chi connectivity index (χ2v) is 5.21. The van der Waals surface area contributed by atoms with Gasteiger partial charge in [-0.2, -0.15) is 0 Å². The van der Waals surface area contributed by atoms with Gasteiger partial charge in [-0.3, -0.25) is 4.79 Å². The Morgan fingerprint density at radius 2 is 2.35 bits per heavy atom. The summed E-state index contributed by atoms with van der Waals surface area (Å²) in [5.74, 6) is -0.0188. The number of carbonyl (C=O) groups excluding carboxylic acids is 1. The van der Waals surface area contributed by atoms with Gasteiger partial charge in [0.05, 0.1) is 13.0 Å². The molecule has 1 atom stereocenters. The number of halogens is 1. The predicted octanol–water partition coefficient (Wildman–Crippen LogP) is 1.79. The van der Waals surface area contributed by atoms with E-state index >= 15 is 0 Å². The van der Waals surface area contributed by atoms with Crippen LogP contribution in [0.5, 0.6) is 5.75 Å². The largest absolute Gasteiger partial charge is 0.494 e. The summed E-state index contributed by atoms with van der Waals surface area (Å²) in [5.41, 5.74) is 0.767. The molecule has 1 fully saturated rings. The van der Waals surface area contributed by atoms with Crippen molar-refractivity contribution in [1.82, 2.24) is 10.2 Å². The molecular weight excluding hydrogens is 259 g/mol. The lowest BCUT2D eigenvalue weighted by molar-refractivity contribution is -0.135. The molecule has 1 saturated heterocycles. The van der Waals surface area contributed by atoms with Crippen molar-refractivity contribution in [3.63, 3.8) is 0 Å². The van der Waals surface area contributed by atoms with Crippen LogP contribution in [0.4, 0.5) is 4.39 Å². The molecule has 1 heterocycles. The highest BCUT2D eigenvalue weighted by atomic mass is 19.1. The summed E-state index contributed by atoms with van der Waals surface area (Å²) in [7, 11) is 3.20. The second-order valence-electron chi connectivity index (χ2n) is 5.21. The second kappa shape index (κ2) is 6.70. The lowest BCUT2D eigenvalue weighted by Gasteiger charge is -2.27.